The SMILES string of the molecule is CCOc1ccc(CCNC(=O)CN2C(=O)COc3ccc(-c4csc(C)n4)cc32)cc1OCC. The number of hydrogen-bond acceptors (Lipinski definition) is 7. The second-order valence-corrected chi connectivity index (χ2v) is 9.01. The number of hydrogen-bond donors (Lipinski definition) is 1. The van der Waals surface area contributed by atoms with Gasteiger partial charge in [-0.2, -0.15) is 0 Å². The van der Waals surface area contributed by atoms with Gasteiger partial charge in [-0.05, 0) is 63.1 Å². The lowest BCUT2D eigenvalue weighted by Gasteiger charge is -2.29. The highest BCUT2D eigenvalue weighted by Gasteiger charge is 2.28. The molecule has 1 N–H and O–H groups in total. The van der Waals surface area contributed by atoms with Crippen LogP contribution < -0.4 is 24.4 Å². The summed E-state index contributed by atoms with van der Waals surface area (Å²) in [6, 6.07) is 11.4. The molecular weight excluding hydrogens is 466 g/mol. The van der Waals surface area contributed by atoms with E-state index in [-0.39, 0.29) is 25.0 Å². The Morgan fingerprint density at radius 1 is 1.14 bits per heavy atom. The molecule has 0 bridgehead atoms. The largest absolute Gasteiger partial charge is 0.490 e. The Bertz CT molecular complexity index is 1210. The summed E-state index contributed by atoms with van der Waals surface area (Å²) in [4.78, 5) is 31.3. The highest BCUT2D eigenvalue weighted by atomic mass is 32.1. The molecule has 2 amide bonds. The number of carbonyl (C=O) groups excluding carboxylic acids is 2. The molecule has 2 heterocycles. The van der Waals surface area contributed by atoms with Gasteiger partial charge in [-0.3, -0.25) is 14.5 Å². The van der Waals surface area contributed by atoms with Crippen LogP contribution in [-0.4, -0.2) is 49.7 Å². The number of carbonyl (C=O) groups is 2. The smallest absolute Gasteiger partial charge is 0.265 e. The first-order chi connectivity index (χ1) is 17.0. The van der Waals surface area contributed by atoms with Crippen molar-refractivity contribution in [3.63, 3.8) is 0 Å². The number of aryl methyl sites for hydroxylation is 1. The van der Waals surface area contributed by atoms with Gasteiger partial charge >= 0.3 is 0 Å². The minimum absolute atomic E-state index is 0.0811. The Labute approximate surface area is 208 Å². The first-order valence-corrected chi connectivity index (χ1v) is 12.5. The first-order valence-electron chi connectivity index (χ1n) is 11.6. The van der Waals surface area contributed by atoms with Gasteiger partial charge in [0, 0.05) is 17.5 Å². The van der Waals surface area contributed by atoms with E-state index in [1.807, 2.05) is 62.5 Å². The van der Waals surface area contributed by atoms with Crippen LogP contribution in [0.3, 0.4) is 0 Å². The fourth-order valence-electron chi connectivity index (χ4n) is 3.83. The minimum atomic E-state index is -0.257. The van der Waals surface area contributed by atoms with Crippen LogP contribution in [0.2, 0.25) is 0 Å². The molecule has 0 saturated carbocycles. The molecule has 8 nitrogen and oxygen atoms in total. The Balaban J connectivity index is 1.40. The first kappa shape index (κ1) is 24.5. The predicted octanol–water partition coefficient (Wildman–Crippen LogP) is 4.00. The highest BCUT2D eigenvalue weighted by molar-refractivity contribution is 7.09. The van der Waals surface area contributed by atoms with Crippen LogP contribution >= 0.6 is 11.3 Å². The van der Waals surface area contributed by atoms with Crippen molar-refractivity contribution in [1.29, 1.82) is 0 Å². The van der Waals surface area contributed by atoms with Gasteiger partial charge in [-0.15, -0.1) is 11.3 Å². The van der Waals surface area contributed by atoms with Crippen molar-refractivity contribution < 1.29 is 23.8 Å². The molecule has 4 rings (SSSR count). The summed E-state index contributed by atoms with van der Waals surface area (Å²) >= 11 is 1.56. The van der Waals surface area contributed by atoms with Gasteiger partial charge in [-0.25, -0.2) is 4.98 Å². The van der Waals surface area contributed by atoms with Gasteiger partial charge < -0.3 is 19.5 Å². The van der Waals surface area contributed by atoms with E-state index in [1.165, 1.54) is 4.90 Å². The number of aromatic nitrogens is 1. The highest BCUT2D eigenvalue weighted by Crippen LogP contribution is 2.36. The molecular formula is C26H29N3O5S. The number of fused-ring (bicyclic) bond motifs is 1. The number of benzene rings is 2. The molecule has 1 aromatic heterocycles. The van der Waals surface area contributed by atoms with E-state index >= 15 is 0 Å². The van der Waals surface area contributed by atoms with Crippen LogP contribution in [0.4, 0.5) is 5.69 Å². The Kier molecular flexibility index (Phi) is 7.87. The second kappa shape index (κ2) is 11.2. The lowest BCUT2D eigenvalue weighted by atomic mass is 10.1. The normalized spacial score (nSPS) is 12.7. The van der Waals surface area contributed by atoms with E-state index in [0.29, 0.717) is 49.1 Å². The van der Waals surface area contributed by atoms with Crippen molar-refractivity contribution in [3.05, 3.63) is 52.3 Å². The van der Waals surface area contributed by atoms with Gasteiger partial charge in [0.15, 0.2) is 18.1 Å². The summed E-state index contributed by atoms with van der Waals surface area (Å²) in [6.45, 7) is 7.15. The molecule has 0 radical (unpaired) electrons. The molecule has 0 spiro atoms. The zero-order valence-electron chi connectivity index (χ0n) is 20.1. The van der Waals surface area contributed by atoms with Crippen molar-refractivity contribution in [1.82, 2.24) is 10.3 Å². The van der Waals surface area contributed by atoms with Gasteiger partial charge in [-0.1, -0.05) is 6.07 Å². The summed E-state index contributed by atoms with van der Waals surface area (Å²) in [5, 5.41) is 5.84. The molecule has 0 aliphatic carbocycles. The molecule has 3 aromatic rings. The van der Waals surface area contributed by atoms with E-state index in [0.717, 1.165) is 21.8 Å². The molecule has 9 heteroatoms. The fraction of sp³-hybridized carbons (Fsp3) is 0.346. The number of anilines is 1. The number of amides is 2. The molecule has 35 heavy (non-hydrogen) atoms. The van der Waals surface area contributed by atoms with E-state index < -0.39 is 0 Å². The van der Waals surface area contributed by atoms with Crippen LogP contribution in [0.15, 0.2) is 41.8 Å². The zero-order valence-corrected chi connectivity index (χ0v) is 20.9. The van der Waals surface area contributed by atoms with Crippen LogP contribution in [0.25, 0.3) is 11.3 Å². The van der Waals surface area contributed by atoms with Gasteiger partial charge in [0.05, 0.1) is 29.6 Å². The number of nitrogens with zero attached hydrogens (tertiary/aromatic N) is 2. The predicted molar refractivity (Wildman–Crippen MR) is 136 cm³/mol. The van der Waals surface area contributed by atoms with Crippen LogP contribution in [0.5, 0.6) is 17.2 Å². The standard InChI is InChI=1S/C26H29N3O5S/c1-4-32-23-8-6-18(12-24(23)33-5-2)10-11-27-25(30)14-29-21-13-19(20-16-35-17(3)28-20)7-9-22(21)34-15-26(29)31/h6-9,12-13,16H,4-5,10-11,14-15H2,1-3H3,(H,27,30). The quantitative estimate of drug-likeness (QED) is 0.457. The summed E-state index contributed by atoms with van der Waals surface area (Å²) in [5.41, 5.74) is 3.30. The Morgan fingerprint density at radius 2 is 1.94 bits per heavy atom. The number of nitrogens with one attached hydrogen (secondary N) is 1. The van der Waals surface area contributed by atoms with Gasteiger partial charge in [0.2, 0.25) is 5.91 Å². The van der Waals surface area contributed by atoms with E-state index in [2.05, 4.69) is 10.3 Å². The fourth-order valence-corrected chi connectivity index (χ4v) is 4.45. The molecule has 0 fully saturated rings. The lowest BCUT2D eigenvalue weighted by Crippen LogP contribution is -2.45. The maximum atomic E-state index is 12.7. The molecule has 0 saturated heterocycles. The number of thiazole rings is 1. The van der Waals surface area contributed by atoms with E-state index in [9.17, 15) is 9.59 Å². The molecule has 184 valence electrons. The van der Waals surface area contributed by atoms with Crippen molar-refractivity contribution in [3.8, 4) is 28.5 Å². The van der Waals surface area contributed by atoms with E-state index in [4.69, 9.17) is 14.2 Å². The van der Waals surface area contributed by atoms with E-state index in [1.54, 1.807) is 11.3 Å². The third kappa shape index (κ3) is 5.92. The van der Waals surface area contributed by atoms with Crippen LogP contribution in [0.1, 0.15) is 24.4 Å². The van der Waals surface area contributed by atoms with Crippen molar-refractivity contribution in [2.45, 2.75) is 27.2 Å². The average molecular weight is 496 g/mol. The molecule has 0 atom stereocenters. The Hall–Kier alpha value is -3.59. The number of rotatable bonds is 10. The minimum Gasteiger partial charge on any atom is -0.490 e. The second-order valence-electron chi connectivity index (χ2n) is 7.95. The van der Waals surface area contributed by atoms with Crippen molar-refractivity contribution in [2.24, 2.45) is 0 Å². The summed E-state index contributed by atoms with van der Waals surface area (Å²) < 4.78 is 16.9. The maximum Gasteiger partial charge on any atom is 0.265 e. The maximum absolute atomic E-state index is 12.7. The monoisotopic (exact) mass is 495 g/mol. The van der Waals surface area contributed by atoms with Crippen LogP contribution in [-0.2, 0) is 16.0 Å². The molecule has 2 aromatic carbocycles. The summed E-state index contributed by atoms with van der Waals surface area (Å²) in [6.07, 6.45) is 0.624. The topological polar surface area (TPSA) is 90.0 Å². The molecule has 0 unspecified atom stereocenters. The van der Waals surface area contributed by atoms with Crippen molar-refractivity contribution in [2.75, 3.05) is 37.8 Å². The summed E-state index contributed by atoms with van der Waals surface area (Å²) in [7, 11) is 0. The molecule has 1 aliphatic heterocycles. The van der Waals surface area contributed by atoms with Crippen molar-refractivity contribution >= 4 is 28.8 Å². The van der Waals surface area contributed by atoms with Gasteiger partial charge in [0.25, 0.3) is 5.91 Å². The average Bonchev–Trinajstić information content (AvgIpc) is 3.29. The lowest BCUT2D eigenvalue weighted by molar-refractivity contribution is -0.125. The zero-order chi connectivity index (χ0) is 24.8. The Morgan fingerprint density at radius 3 is 2.69 bits per heavy atom. The third-order valence-corrected chi connectivity index (χ3v) is 6.24. The third-order valence-electron chi connectivity index (χ3n) is 5.46. The molecule has 1 aliphatic rings. The van der Waals surface area contributed by atoms with Crippen LogP contribution in [0, 0.1) is 6.92 Å². The van der Waals surface area contributed by atoms with Gasteiger partial charge in [0.1, 0.15) is 12.3 Å². The summed E-state index contributed by atoms with van der Waals surface area (Å²) in [5.74, 6) is 1.48. The number of ether oxygens (including phenoxy) is 3.